The van der Waals surface area contributed by atoms with Crippen molar-refractivity contribution in [1.29, 1.82) is 0 Å². The molecule has 2 rings (SSSR count). The minimum absolute atomic E-state index is 0.0915. The molecule has 5 heteroatoms. The Morgan fingerprint density at radius 3 is 2.90 bits per heavy atom. The number of aliphatic carboxylic acids is 1. The molecule has 1 aromatic rings. The van der Waals surface area contributed by atoms with Crippen LogP contribution in [0.4, 0.5) is 0 Å². The van der Waals surface area contributed by atoms with Gasteiger partial charge in [-0.3, -0.25) is 9.59 Å². The van der Waals surface area contributed by atoms with Gasteiger partial charge in [0.1, 0.15) is 0 Å². The Kier molecular flexibility index (Phi) is 4.74. The van der Waals surface area contributed by atoms with E-state index in [0.29, 0.717) is 31.4 Å². The molecule has 0 bridgehead atoms. The average molecular weight is 277 g/mol. The van der Waals surface area contributed by atoms with Gasteiger partial charge in [-0.1, -0.05) is 12.1 Å². The van der Waals surface area contributed by atoms with Crippen LogP contribution in [0.3, 0.4) is 0 Å². The normalized spacial score (nSPS) is 15.3. The maximum atomic E-state index is 11.7. The second-order valence-electron chi connectivity index (χ2n) is 5.08. The molecular formula is C15H19NO4. The Morgan fingerprint density at radius 2 is 2.15 bits per heavy atom. The van der Waals surface area contributed by atoms with E-state index in [1.54, 1.807) is 6.07 Å². The lowest BCUT2D eigenvalue weighted by Gasteiger charge is -2.19. The molecule has 1 atom stereocenters. The molecule has 3 N–H and O–H groups in total. The smallest absolute Gasteiger partial charge is 0.303 e. The lowest BCUT2D eigenvalue weighted by atomic mass is 9.94. The van der Waals surface area contributed by atoms with E-state index < -0.39 is 12.1 Å². The van der Waals surface area contributed by atoms with Crippen molar-refractivity contribution in [3.05, 3.63) is 34.9 Å². The number of amides is 1. The third-order valence-electron chi connectivity index (χ3n) is 3.56. The van der Waals surface area contributed by atoms with Crippen LogP contribution in [0.25, 0.3) is 0 Å². The van der Waals surface area contributed by atoms with E-state index in [-0.39, 0.29) is 12.3 Å². The number of rotatable bonds is 6. The summed E-state index contributed by atoms with van der Waals surface area (Å²) in [4.78, 5) is 22.1. The zero-order chi connectivity index (χ0) is 14.5. The summed E-state index contributed by atoms with van der Waals surface area (Å²) in [5, 5.41) is 21.4. The third-order valence-corrected chi connectivity index (χ3v) is 3.56. The molecule has 0 saturated heterocycles. The number of carboxylic acid groups (broad SMARTS) is 1. The molecule has 0 saturated carbocycles. The zero-order valence-electron chi connectivity index (χ0n) is 11.3. The first kappa shape index (κ1) is 14.5. The van der Waals surface area contributed by atoms with Gasteiger partial charge >= 0.3 is 5.97 Å². The number of carbonyl (C=O) groups excluding carboxylic acids is 1. The third kappa shape index (κ3) is 3.57. The van der Waals surface area contributed by atoms with Gasteiger partial charge in [-0.2, -0.15) is 0 Å². The Morgan fingerprint density at radius 1 is 1.35 bits per heavy atom. The summed E-state index contributed by atoms with van der Waals surface area (Å²) in [6.45, 7) is 0.656. The van der Waals surface area contributed by atoms with Gasteiger partial charge in [0, 0.05) is 18.5 Å². The zero-order valence-corrected chi connectivity index (χ0v) is 11.3. The van der Waals surface area contributed by atoms with E-state index in [9.17, 15) is 14.7 Å². The van der Waals surface area contributed by atoms with Gasteiger partial charge in [0.05, 0.1) is 6.10 Å². The van der Waals surface area contributed by atoms with Crippen LogP contribution in [0.2, 0.25) is 0 Å². The SMILES string of the molecule is O=C(O)CCCCC(O)c1ccc2c(c1)C(=O)NCC2. The number of aliphatic hydroxyl groups excluding tert-OH is 1. The molecular weight excluding hydrogens is 258 g/mol. The highest BCUT2D eigenvalue weighted by Gasteiger charge is 2.18. The summed E-state index contributed by atoms with van der Waals surface area (Å²) >= 11 is 0. The molecule has 0 aromatic heterocycles. The molecule has 1 unspecified atom stereocenters. The van der Waals surface area contributed by atoms with Gasteiger partial charge in [-0.25, -0.2) is 0 Å². The molecule has 1 aromatic carbocycles. The summed E-state index contributed by atoms with van der Waals surface area (Å²) in [6, 6.07) is 5.48. The van der Waals surface area contributed by atoms with Gasteiger partial charge in [-0.05, 0) is 42.9 Å². The van der Waals surface area contributed by atoms with Crippen molar-refractivity contribution < 1.29 is 19.8 Å². The predicted octanol–water partition coefficient (Wildman–Crippen LogP) is 1.65. The fraction of sp³-hybridized carbons (Fsp3) is 0.467. The fourth-order valence-electron chi connectivity index (χ4n) is 2.42. The topological polar surface area (TPSA) is 86.6 Å². The number of hydrogen-bond acceptors (Lipinski definition) is 3. The minimum Gasteiger partial charge on any atom is -0.481 e. The van der Waals surface area contributed by atoms with Crippen LogP contribution in [0.15, 0.2) is 18.2 Å². The summed E-state index contributed by atoms with van der Waals surface area (Å²) in [5.41, 5.74) is 2.37. The average Bonchev–Trinajstić information content (AvgIpc) is 2.43. The predicted molar refractivity (Wildman–Crippen MR) is 73.5 cm³/mol. The number of carbonyl (C=O) groups is 2. The van der Waals surface area contributed by atoms with E-state index in [4.69, 9.17) is 5.11 Å². The molecule has 1 aliphatic heterocycles. The lowest BCUT2D eigenvalue weighted by Crippen LogP contribution is -2.31. The van der Waals surface area contributed by atoms with Crippen molar-refractivity contribution in [3.8, 4) is 0 Å². The summed E-state index contributed by atoms with van der Waals surface area (Å²) in [5.74, 6) is -0.906. The van der Waals surface area contributed by atoms with Crippen LogP contribution in [-0.2, 0) is 11.2 Å². The number of carboxylic acids is 1. The molecule has 0 fully saturated rings. The molecule has 0 spiro atoms. The number of unbranched alkanes of at least 4 members (excludes halogenated alkanes) is 1. The molecule has 1 aliphatic rings. The molecule has 1 heterocycles. The maximum absolute atomic E-state index is 11.7. The van der Waals surface area contributed by atoms with Gasteiger partial charge in [0.15, 0.2) is 0 Å². The van der Waals surface area contributed by atoms with E-state index >= 15 is 0 Å². The molecule has 0 radical (unpaired) electrons. The number of aliphatic hydroxyl groups is 1. The monoisotopic (exact) mass is 277 g/mol. The first-order chi connectivity index (χ1) is 9.58. The number of fused-ring (bicyclic) bond motifs is 1. The number of nitrogens with one attached hydrogen (secondary N) is 1. The summed E-state index contributed by atoms with van der Waals surface area (Å²) in [6.07, 6.45) is 2.00. The highest BCUT2D eigenvalue weighted by molar-refractivity contribution is 5.96. The first-order valence-electron chi connectivity index (χ1n) is 6.89. The number of benzene rings is 1. The largest absolute Gasteiger partial charge is 0.481 e. The standard InChI is InChI=1S/C15H19NO4/c17-13(3-1-2-4-14(18)19)11-6-5-10-7-8-16-15(20)12(10)9-11/h5-6,9,13,17H,1-4,7-8H2,(H,16,20)(H,18,19). The summed E-state index contributed by atoms with van der Waals surface area (Å²) < 4.78 is 0. The molecule has 1 amide bonds. The van der Waals surface area contributed by atoms with Crippen LogP contribution < -0.4 is 5.32 Å². The Hall–Kier alpha value is -1.88. The molecule has 20 heavy (non-hydrogen) atoms. The maximum Gasteiger partial charge on any atom is 0.303 e. The minimum atomic E-state index is -0.815. The Balaban J connectivity index is 1.96. The van der Waals surface area contributed by atoms with Crippen molar-refractivity contribution in [1.82, 2.24) is 5.32 Å². The highest BCUT2D eigenvalue weighted by atomic mass is 16.4. The molecule has 5 nitrogen and oxygen atoms in total. The van der Waals surface area contributed by atoms with Gasteiger partial charge in [0.2, 0.25) is 0 Å². The van der Waals surface area contributed by atoms with Crippen LogP contribution in [-0.4, -0.2) is 28.6 Å². The number of hydrogen-bond donors (Lipinski definition) is 3. The van der Waals surface area contributed by atoms with Gasteiger partial charge in [0.25, 0.3) is 5.91 Å². The van der Waals surface area contributed by atoms with Crippen molar-refractivity contribution >= 4 is 11.9 Å². The van der Waals surface area contributed by atoms with Crippen LogP contribution in [0.5, 0.6) is 0 Å². The van der Waals surface area contributed by atoms with Crippen molar-refractivity contribution in [2.24, 2.45) is 0 Å². The van der Waals surface area contributed by atoms with E-state index in [1.165, 1.54) is 0 Å². The molecule has 0 aliphatic carbocycles. The van der Waals surface area contributed by atoms with E-state index in [1.807, 2.05) is 12.1 Å². The highest BCUT2D eigenvalue weighted by Crippen LogP contribution is 2.24. The van der Waals surface area contributed by atoms with Crippen molar-refractivity contribution in [3.63, 3.8) is 0 Å². The molecule has 108 valence electrons. The van der Waals surface area contributed by atoms with E-state index in [0.717, 1.165) is 17.5 Å². The first-order valence-corrected chi connectivity index (χ1v) is 6.89. The fourth-order valence-corrected chi connectivity index (χ4v) is 2.42. The van der Waals surface area contributed by atoms with Crippen LogP contribution in [0.1, 0.15) is 53.3 Å². The quantitative estimate of drug-likeness (QED) is 0.690. The van der Waals surface area contributed by atoms with Gasteiger partial charge in [-0.15, -0.1) is 0 Å². The van der Waals surface area contributed by atoms with Gasteiger partial charge < -0.3 is 15.5 Å². The van der Waals surface area contributed by atoms with Crippen LogP contribution >= 0.6 is 0 Å². The second-order valence-corrected chi connectivity index (χ2v) is 5.08. The Bertz CT molecular complexity index is 513. The Labute approximate surface area is 117 Å². The second kappa shape index (κ2) is 6.52. The summed E-state index contributed by atoms with van der Waals surface area (Å²) in [7, 11) is 0. The van der Waals surface area contributed by atoms with Crippen molar-refractivity contribution in [2.45, 2.75) is 38.2 Å². The van der Waals surface area contributed by atoms with E-state index in [2.05, 4.69) is 5.32 Å². The van der Waals surface area contributed by atoms with Crippen molar-refractivity contribution in [2.75, 3.05) is 6.54 Å². The lowest BCUT2D eigenvalue weighted by molar-refractivity contribution is -0.137. The van der Waals surface area contributed by atoms with Crippen LogP contribution in [0, 0.1) is 0 Å².